The summed E-state index contributed by atoms with van der Waals surface area (Å²) in [5, 5.41) is 15.3. The third-order valence-corrected chi connectivity index (χ3v) is 5.31. The smallest absolute Gasteiger partial charge is 0.165 e. The number of aliphatic hydroxyl groups excluding tert-OH is 1. The zero-order chi connectivity index (χ0) is 18.9. The van der Waals surface area contributed by atoms with Crippen LogP contribution in [0.2, 0.25) is 0 Å². The molecule has 0 aliphatic carbocycles. The highest BCUT2D eigenvalue weighted by Crippen LogP contribution is 2.34. The average molecular weight is 368 g/mol. The Morgan fingerprint density at radius 1 is 1.26 bits per heavy atom. The van der Waals surface area contributed by atoms with Gasteiger partial charge < -0.3 is 14.7 Å². The monoisotopic (exact) mass is 368 g/mol. The van der Waals surface area contributed by atoms with Crippen molar-refractivity contribution in [3.63, 3.8) is 0 Å². The lowest BCUT2D eigenvalue weighted by Crippen LogP contribution is -2.43. The van der Waals surface area contributed by atoms with Crippen LogP contribution in [0, 0.1) is 5.41 Å². The number of hydrogen-bond acceptors (Lipinski definition) is 7. The van der Waals surface area contributed by atoms with E-state index < -0.39 is 0 Å². The van der Waals surface area contributed by atoms with E-state index in [0.717, 1.165) is 35.3 Å². The second-order valence-corrected chi connectivity index (χ2v) is 7.24. The number of fused-ring (bicyclic) bond motifs is 1. The van der Waals surface area contributed by atoms with Gasteiger partial charge in [0.1, 0.15) is 5.82 Å². The Morgan fingerprint density at radius 3 is 2.78 bits per heavy atom. The molecule has 0 spiro atoms. The number of hydrogen-bond donors (Lipinski definition) is 1. The van der Waals surface area contributed by atoms with Gasteiger partial charge in [-0.1, -0.05) is 0 Å². The normalized spacial score (nSPS) is 16.6. The molecule has 0 amide bonds. The van der Waals surface area contributed by atoms with Gasteiger partial charge >= 0.3 is 0 Å². The first kappa shape index (κ1) is 17.8. The summed E-state index contributed by atoms with van der Waals surface area (Å²) in [6, 6.07) is 3.82. The van der Waals surface area contributed by atoms with E-state index in [1.165, 1.54) is 0 Å². The molecular weight excluding hydrogens is 344 g/mol. The number of rotatable bonds is 5. The Kier molecular flexibility index (Phi) is 4.75. The number of anilines is 1. The molecule has 8 heteroatoms. The highest BCUT2D eigenvalue weighted by Gasteiger charge is 2.34. The predicted molar refractivity (Wildman–Crippen MR) is 102 cm³/mol. The lowest BCUT2D eigenvalue weighted by molar-refractivity contribution is -0.0113. The second-order valence-electron chi connectivity index (χ2n) is 7.24. The molecule has 1 saturated heterocycles. The van der Waals surface area contributed by atoms with E-state index in [2.05, 4.69) is 20.0 Å². The zero-order valence-electron chi connectivity index (χ0n) is 15.7. The first-order valence-corrected chi connectivity index (χ1v) is 9.12. The molecule has 0 aromatic carbocycles. The van der Waals surface area contributed by atoms with Gasteiger partial charge in [-0.3, -0.25) is 9.67 Å². The third kappa shape index (κ3) is 3.38. The fraction of sp³-hybridized carbons (Fsp3) is 0.474. The van der Waals surface area contributed by atoms with E-state index in [0.29, 0.717) is 25.6 Å². The van der Waals surface area contributed by atoms with Gasteiger partial charge in [0.15, 0.2) is 11.5 Å². The van der Waals surface area contributed by atoms with E-state index in [4.69, 9.17) is 9.72 Å². The van der Waals surface area contributed by atoms with Crippen molar-refractivity contribution in [3.8, 4) is 11.4 Å². The number of aromatic nitrogens is 5. The minimum atomic E-state index is -0.180. The van der Waals surface area contributed by atoms with Crippen LogP contribution in [-0.4, -0.2) is 63.3 Å². The van der Waals surface area contributed by atoms with E-state index in [-0.39, 0.29) is 12.0 Å². The van der Waals surface area contributed by atoms with Crippen molar-refractivity contribution in [1.82, 2.24) is 24.7 Å². The van der Waals surface area contributed by atoms with Gasteiger partial charge in [0.25, 0.3) is 0 Å². The van der Waals surface area contributed by atoms with Crippen LogP contribution in [0.15, 0.2) is 30.7 Å². The number of aryl methyl sites for hydroxylation is 1. The molecule has 1 aliphatic rings. The Morgan fingerprint density at radius 2 is 2.07 bits per heavy atom. The summed E-state index contributed by atoms with van der Waals surface area (Å²) < 4.78 is 7.24. The van der Waals surface area contributed by atoms with Crippen LogP contribution in [0.4, 0.5) is 5.82 Å². The summed E-state index contributed by atoms with van der Waals surface area (Å²) in [5.41, 5.74) is 1.45. The highest BCUT2D eigenvalue weighted by molar-refractivity contribution is 5.88. The van der Waals surface area contributed by atoms with Crippen LogP contribution in [0.5, 0.6) is 0 Å². The molecule has 3 aromatic heterocycles. The number of nitrogens with zero attached hydrogens (tertiary/aromatic N) is 6. The lowest BCUT2D eigenvalue weighted by Gasteiger charge is -2.39. The van der Waals surface area contributed by atoms with Crippen LogP contribution < -0.4 is 4.90 Å². The summed E-state index contributed by atoms with van der Waals surface area (Å²) in [6.07, 6.45) is 6.96. The van der Waals surface area contributed by atoms with Gasteiger partial charge in [0, 0.05) is 57.2 Å². The van der Waals surface area contributed by atoms with Gasteiger partial charge in [-0.05, 0) is 25.0 Å². The molecule has 27 heavy (non-hydrogen) atoms. The zero-order valence-corrected chi connectivity index (χ0v) is 15.7. The molecule has 3 aromatic rings. The van der Waals surface area contributed by atoms with Crippen LogP contribution in [0.3, 0.4) is 0 Å². The Hall–Kier alpha value is -2.58. The van der Waals surface area contributed by atoms with E-state index >= 15 is 0 Å². The fourth-order valence-electron chi connectivity index (χ4n) is 3.67. The standard InChI is InChI=1S/C19H24N6O2/c1-24(12-19(13-26)5-8-27-9-6-19)17-15-11-21-25(2)18(15)23-16(22-17)14-4-3-7-20-10-14/h3-4,7,10-11,26H,5-6,8-9,12-13H2,1-2H3. The van der Waals surface area contributed by atoms with Crippen LogP contribution in [0.25, 0.3) is 22.4 Å². The molecule has 0 unspecified atom stereocenters. The molecule has 8 nitrogen and oxygen atoms in total. The van der Waals surface area contributed by atoms with Crippen molar-refractivity contribution in [2.24, 2.45) is 12.5 Å². The molecule has 142 valence electrons. The Labute approximate surface area is 157 Å². The Balaban J connectivity index is 1.75. The van der Waals surface area contributed by atoms with Crippen LogP contribution >= 0.6 is 0 Å². The molecule has 1 aliphatic heterocycles. The van der Waals surface area contributed by atoms with Crippen molar-refractivity contribution in [2.45, 2.75) is 12.8 Å². The second kappa shape index (κ2) is 7.21. The molecule has 1 fully saturated rings. The van der Waals surface area contributed by atoms with Crippen molar-refractivity contribution in [1.29, 1.82) is 0 Å². The number of aliphatic hydroxyl groups is 1. The predicted octanol–water partition coefficient (Wildman–Crippen LogP) is 1.65. The first-order chi connectivity index (χ1) is 13.1. The average Bonchev–Trinajstić information content (AvgIpc) is 3.09. The summed E-state index contributed by atoms with van der Waals surface area (Å²) in [5.74, 6) is 1.43. The minimum absolute atomic E-state index is 0.136. The molecule has 4 rings (SSSR count). The van der Waals surface area contributed by atoms with Crippen molar-refractivity contribution in [3.05, 3.63) is 30.7 Å². The van der Waals surface area contributed by atoms with E-state index in [1.54, 1.807) is 23.3 Å². The van der Waals surface area contributed by atoms with Crippen LogP contribution in [0.1, 0.15) is 12.8 Å². The molecule has 4 heterocycles. The fourth-order valence-corrected chi connectivity index (χ4v) is 3.67. The SMILES string of the molecule is CN(CC1(CO)CCOCC1)c1nc(-c2cccnc2)nc2c1cnn2C. The molecule has 0 atom stereocenters. The maximum absolute atomic E-state index is 10.0. The van der Waals surface area contributed by atoms with Gasteiger partial charge in [-0.15, -0.1) is 0 Å². The van der Waals surface area contributed by atoms with Gasteiger partial charge in [-0.2, -0.15) is 5.10 Å². The maximum Gasteiger partial charge on any atom is 0.165 e. The largest absolute Gasteiger partial charge is 0.396 e. The highest BCUT2D eigenvalue weighted by atomic mass is 16.5. The number of pyridine rings is 1. The van der Waals surface area contributed by atoms with Crippen molar-refractivity contribution < 1.29 is 9.84 Å². The summed E-state index contributed by atoms with van der Waals surface area (Å²) in [4.78, 5) is 15.8. The number of ether oxygens (including phenoxy) is 1. The quantitative estimate of drug-likeness (QED) is 0.732. The summed E-state index contributed by atoms with van der Waals surface area (Å²) in [7, 11) is 3.88. The molecule has 0 bridgehead atoms. The molecular formula is C19H24N6O2. The summed E-state index contributed by atoms with van der Waals surface area (Å²) in [6.45, 7) is 2.20. The molecule has 0 saturated carbocycles. The van der Waals surface area contributed by atoms with Gasteiger partial charge in [-0.25, -0.2) is 9.97 Å². The third-order valence-electron chi connectivity index (χ3n) is 5.31. The van der Waals surface area contributed by atoms with E-state index in [9.17, 15) is 5.11 Å². The topological polar surface area (TPSA) is 89.2 Å². The van der Waals surface area contributed by atoms with Crippen molar-refractivity contribution >= 4 is 16.9 Å². The first-order valence-electron chi connectivity index (χ1n) is 9.12. The lowest BCUT2D eigenvalue weighted by atomic mass is 9.80. The minimum Gasteiger partial charge on any atom is -0.396 e. The molecule has 0 radical (unpaired) electrons. The van der Waals surface area contributed by atoms with Gasteiger partial charge in [0.05, 0.1) is 18.2 Å². The van der Waals surface area contributed by atoms with E-state index in [1.807, 2.05) is 26.2 Å². The van der Waals surface area contributed by atoms with Crippen LogP contribution in [-0.2, 0) is 11.8 Å². The van der Waals surface area contributed by atoms with Gasteiger partial charge in [0.2, 0.25) is 0 Å². The Bertz CT molecular complexity index is 921. The van der Waals surface area contributed by atoms with Crippen molar-refractivity contribution in [2.75, 3.05) is 38.3 Å². The maximum atomic E-state index is 10.0. The summed E-state index contributed by atoms with van der Waals surface area (Å²) >= 11 is 0. The molecule has 1 N–H and O–H groups in total.